The zero-order chi connectivity index (χ0) is 14.7. The van der Waals surface area contributed by atoms with Crippen molar-refractivity contribution in [1.82, 2.24) is 10.6 Å². The molecular formula is C16H24IN3O2. The molecule has 5 nitrogen and oxygen atoms in total. The van der Waals surface area contributed by atoms with Crippen LogP contribution in [0.4, 0.5) is 0 Å². The van der Waals surface area contributed by atoms with Gasteiger partial charge < -0.3 is 20.1 Å². The Kier molecular flexibility index (Phi) is 6.31. The number of nitrogens with zero attached hydrogens (tertiary/aromatic N) is 1. The third-order valence-corrected chi connectivity index (χ3v) is 4.29. The van der Waals surface area contributed by atoms with E-state index in [1.54, 1.807) is 14.2 Å². The van der Waals surface area contributed by atoms with Crippen LogP contribution in [0.2, 0.25) is 0 Å². The van der Waals surface area contributed by atoms with E-state index < -0.39 is 0 Å². The zero-order valence-corrected chi connectivity index (χ0v) is 15.4. The van der Waals surface area contributed by atoms with Crippen molar-refractivity contribution in [2.45, 2.75) is 44.1 Å². The molecule has 2 fully saturated rings. The Morgan fingerprint density at radius 2 is 2.18 bits per heavy atom. The molecular weight excluding hydrogens is 393 g/mol. The maximum atomic E-state index is 5.86. The number of hydrogen-bond acceptors (Lipinski definition) is 3. The molecule has 3 rings (SSSR count). The van der Waals surface area contributed by atoms with Gasteiger partial charge in [-0.15, -0.1) is 24.0 Å². The van der Waals surface area contributed by atoms with E-state index in [0.717, 1.165) is 30.1 Å². The quantitative estimate of drug-likeness (QED) is 0.449. The van der Waals surface area contributed by atoms with Gasteiger partial charge in [0.25, 0.3) is 0 Å². The molecule has 1 aromatic rings. The lowest BCUT2D eigenvalue weighted by Crippen LogP contribution is -2.47. The van der Waals surface area contributed by atoms with Crippen molar-refractivity contribution in [1.29, 1.82) is 0 Å². The van der Waals surface area contributed by atoms with E-state index in [4.69, 9.17) is 9.47 Å². The van der Waals surface area contributed by atoms with Gasteiger partial charge >= 0.3 is 0 Å². The molecule has 0 spiro atoms. The molecule has 2 heterocycles. The first kappa shape index (κ1) is 17.3. The largest absolute Gasteiger partial charge is 0.496 e. The fourth-order valence-electron chi connectivity index (χ4n) is 3.19. The van der Waals surface area contributed by atoms with Crippen LogP contribution in [0, 0.1) is 0 Å². The highest BCUT2D eigenvalue weighted by Gasteiger charge is 2.41. The number of halogens is 1. The smallest absolute Gasteiger partial charge is 0.191 e. The highest BCUT2D eigenvalue weighted by atomic mass is 127. The Hall–Kier alpha value is -1.02. The Balaban J connectivity index is 0.00000176. The summed E-state index contributed by atoms with van der Waals surface area (Å²) in [6.45, 7) is 0.686. The fraction of sp³-hybridized carbons (Fsp3) is 0.562. The topological polar surface area (TPSA) is 54.9 Å². The average molecular weight is 417 g/mol. The van der Waals surface area contributed by atoms with Crippen molar-refractivity contribution >= 4 is 29.9 Å². The van der Waals surface area contributed by atoms with E-state index in [-0.39, 0.29) is 24.0 Å². The van der Waals surface area contributed by atoms with Gasteiger partial charge in [0.2, 0.25) is 0 Å². The Bertz CT molecular complexity index is 524. The second-order valence-corrected chi connectivity index (χ2v) is 5.60. The van der Waals surface area contributed by atoms with Crippen LogP contribution in [0.25, 0.3) is 0 Å². The molecule has 6 heteroatoms. The molecule has 0 radical (unpaired) electrons. The lowest BCUT2D eigenvalue weighted by molar-refractivity contribution is 0.0992. The van der Waals surface area contributed by atoms with Crippen LogP contribution < -0.4 is 15.4 Å². The standard InChI is InChI=1S/C16H23N3O2.HI/c1-17-16(19-13-9-12-7-8-15(13)21-12)18-10-11-5-3-4-6-14(11)20-2;/h3-6,12-13,15H,7-10H2,1-2H3,(H2,17,18,19);1H. The van der Waals surface area contributed by atoms with E-state index in [2.05, 4.69) is 21.7 Å². The first-order valence-corrected chi connectivity index (χ1v) is 7.54. The number of benzene rings is 1. The number of para-hydroxylation sites is 1. The van der Waals surface area contributed by atoms with Gasteiger partial charge in [-0.25, -0.2) is 0 Å². The molecule has 2 aliphatic heterocycles. The number of hydrogen-bond donors (Lipinski definition) is 2. The maximum absolute atomic E-state index is 5.86. The van der Waals surface area contributed by atoms with Gasteiger partial charge in [0.15, 0.2) is 5.96 Å². The predicted octanol–water partition coefficient (Wildman–Crippen LogP) is 2.30. The van der Waals surface area contributed by atoms with Gasteiger partial charge in [-0.2, -0.15) is 0 Å². The second-order valence-electron chi connectivity index (χ2n) is 5.60. The molecule has 0 aromatic heterocycles. The first-order valence-electron chi connectivity index (χ1n) is 7.54. The normalized spacial score (nSPS) is 26.5. The summed E-state index contributed by atoms with van der Waals surface area (Å²) in [6.07, 6.45) is 4.24. The van der Waals surface area contributed by atoms with Gasteiger partial charge in [0.05, 0.1) is 25.4 Å². The number of guanidine groups is 1. The molecule has 2 bridgehead atoms. The summed E-state index contributed by atoms with van der Waals surface area (Å²) in [5.41, 5.74) is 1.12. The number of aliphatic imine (C=N–C) groups is 1. The highest BCUT2D eigenvalue weighted by molar-refractivity contribution is 14.0. The minimum atomic E-state index is 0. The number of rotatable bonds is 4. The summed E-state index contributed by atoms with van der Waals surface area (Å²) in [7, 11) is 3.49. The summed E-state index contributed by atoms with van der Waals surface area (Å²) < 4.78 is 11.2. The van der Waals surface area contributed by atoms with E-state index in [0.29, 0.717) is 24.8 Å². The number of nitrogens with one attached hydrogen (secondary N) is 2. The van der Waals surface area contributed by atoms with Gasteiger partial charge in [0.1, 0.15) is 5.75 Å². The molecule has 2 N–H and O–H groups in total. The SMILES string of the molecule is CN=C(NCc1ccccc1OC)NC1CC2CCC1O2.I. The summed E-state index contributed by atoms with van der Waals surface area (Å²) in [5.74, 6) is 1.71. The van der Waals surface area contributed by atoms with E-state index in [9.17, 15) is 0 Å². The number of methoxy groups -OCH3 is 1. The third kappa shape index (κ3) is 3.84. The van der Waals surface area contributed by atoms with Crippen LogP contribution in [-0.4, -0.2) is 38.4 Å². The van der Waals surface area contributed by atoms with E-state index in [1.807, 2.05) is 18.2 Å². The lowest BCUT2D eigenvalue weighted by atomic mass is 9.96. The molecule has 22 heavy (non-hydrogen) atoms. The highest BCUT2D eigenvalue weighted by Crippen LogP contribution is 2.34. The second kappa shape index (κ2) is 8.01. The van der Waals surface area contributed by atoms with Crippen molar-refractivity contribution in [3.63, 3.8) is 0 Å². The monoisotopic (exact) mass is 417 g/mol. The van der Waals surface area contributed by atoms with Crippen LogP contribution in [0.1, 0.15) is 24.8 Å². The summed E-state index contributed by atoms with van der Waals surface area (Å²) in [6, 6.07) is 8.39. The van der Waals surface area contributed by atoms with Crippen molar-refractivity contribution in [2.75, 3.05) is 14.2 Å². The molecule has 1 aromatic carbocycles. The summed E-state index contributed by atoms with van der Waals surface area (Å²) >= 11 is 0. The predicted molar refractivity (Wildman–Crippen MR) is 98.0 cm³/mol. The molecule has 0 aliphatic carbocycles. The summed E-state index contributed by atoms with van der Waals surface area (Å²) in [4.78, 5) is 4.30. The molecule has 122 valence electrons. The molecule has 0 saturated carbocycles. The Labute approximate surface area is 148 Å². The van der Waals surface area contributed by atoms with Crippen LogP contribution >= 0.6 is 24.0 Å². The first-order chi connectivity index (χ1) is 10.3. The van der Waals surface area contributed by atoms with Gasteiger partial charge in [-0.1, -0.05) is 18.2 Å². The van der Waals surface area contributed by atoms with Crippen LogP contribution in [0.3, 0.4) is 0 Å². The summed E-state index contributed by atoms with van der Waals surface area (Å²) in [5, 5.41) is 6.83. The van der Waals surface area contributed by atoms with Gasteiger partial charge in [-0.3, -0.25) is 4.99 Å². The van der Waals surface area contributed by atoms with Gasteiger partial charge in [0, 0.05) is 19.2 Å². The van der Waals surface area contributed by atoms with Crippen molar-refractivity contribution in [2.24, 2.45) is 4.99 Å². The minimum Gasteiger partial charge on any atom is -0.496 e. The minimum absolute atomic E-state index is 0. The van der Waals surface area contributed by atoms with Crippen LogP contribution in [0.15, 0.2) is 29.3 Å². The third-order valence-electron chi connectivity index (χ3n) is 4.29. The lowest BCUT2D eigenvalue weighted by Gasteiger charge is -2.22. The molecule has 3 unspecified atom stereocenters. The van der Waals surface area contributed by atoms with E-state index >= 15 is 0 Å². The van der Waals surface area contributed by atoms with Crippen molar-refractivity contribution in [3.8, 4) is 5.75 Å². The molecule has 2 saturated heterocycles. The zero-order valence-electron chi connectivity index (χ0n) is 13.0. The molecule has 2 aliphatic rings. The van der Waals surface area contributed by atoms with Crippen molar-refractivity contribution < 1.29 is 9.47 Å². The number of fused-ring (bicyclic) bond motifs is 2. The van der Waals surface area contributed by atoms with Crippen LogP contribution in [0.5, 0.6) is 5.75 Å². The maximum Gasteiger partial charge on any atom is 0.191 e. The van der Waals surface area contributed by atoms with Crippen molar-refractivity contribution in [3.05, 3.63) is 29.8 Å². The molecule has 3 atom stereocenters. The fourth-order valence-corrected chi connectivity index (χ4v) is 3.19. The Morgan fingerprint density at radius 1 is 1.36 bits per heavy atom. The van der Waals surface area contributed by atoms with Crippen LogP contribution in [-0.2, 0) is 11.3 Å². The number of ether oxygens (including phenoxy) is 2. The molecule has 0 amide bonds. The van der Waals surface area contributed by atoms with Gasteiger partial charge in [-0.05, 0) is 25.3 Å². The Morgan fingerprint density at radius 3 is 2.82 bits per heavy atom. The van der Waals surface area contributed by atoms with E-state index in [1.165, 1.54) is 6.42 Å². The average Bonchev–Trinajstić information content (AvgIpc) is 3.14.